The van der Waals surface area contributed by atoms with Crippen molar-refractivity contribution in [3.63, 3.8) is 0 Å². The number of fused-ring (bicyclic) bond motifs is 2. The van der Waals surface area contributed by atoms with Crippen LogP contribution in [0.5, 0.6) is 0 Å². The van der Waals surface area contributed by atoms with Gasteiger partial charge in [-0.25, -0.2) is 0 Å². The first-order valence-corrected chi connectivity index (χ1v) is 5.17. The molecule has 1 spiro atoms. The smallest absolute Gasteiger partial charge is 0.193 e. The van der Waals surface area contributed by atoms with Crippen molar-refractivity contribution in [3.05, 3.63) is 22.6 Å². The van der Waals surface area contributed by atoms with Crippen LogP contribution in [0.1, 0.15) is 24.2 Å². The Bertz CT molecular complexity index is 339. The van der Waals surface area contributed by atoms with Crippen LogP contribution in [0.4, 0.5) is 0 Å². The van der Waals surface area contributed by atoms with E-state index in [-0.39, 0.29) is 5.41 Å². The maximum Gasteiger partial charge on any atom is 0.193 e. The Morgan fingerprint density at radius 2 is 2.38 bits per heavy atom. The molecule has 1 saturated heterocycles. The fourth-order valence-electron chi connectivity index (χ4n) is 2.67. The Kier molecular flexibility index (Phi) is 1.53. The van der Waals surface area contributed by atoms with Crippen LogP contribution in [0, 0.1) is 0 Å². The van der Waals surface area contributed by atoms with Crippen LogP contribution in [-0.2, 0) is 11.8 Å². The van der Waals surface area contributed by atoms with Gasteiger partial charge in [0.05, 0.1) is 0 Å². The van der Waals surface area contributed by atoms with Gasteiger partial charge in [-0.1, -0.05) is 0 Å². The minimum atomic E-state index is 0.280. The van der Waals surface area contributed by atoms with E-state index in [4.69, 9.17) is 16.0 Å². The second-order valence-electron chi connectivity index (χ2n) is 4.11. The fourth-order valence-corrected chi connectivity index (χ4v) is 2.88. The zero-order valence-electron chi connectivity index (χ0n) is 7.40. The molecule has 3 rings (SSSR count). The Morgan fingerprint density at radius 3 is 3.15 bits per heavy atom. The molecule has 2 aliphatic rings. The number of hydrogen-bond acceptors (Lipinski definition) is 2. The Morgan fingerprint density at radius 1 is 1.46 bits per heavy atom. The predicted molar refractivity (Wildman–Crippen MR) is 51.2 cm³/mol. The largest absolute Gasteiger partial charge is 0.449 e. The van der Waals surface area contributed by atoms with Crippen molar-refractivity contribution in [2.45, 2.75) is 24.7 Å². The van der Waals surface area contributed by atoms with Crippen molar-refractivity contribution in [1.82, 2.24) is 5.32 Å². The minimum Gasteiger partial charge on any atom is -0.449 e. The molecule has 0 radical (unpaired) electrons. The molecule has 0 amide bonds. The van der Waals surface area contributed by atoms with Gasteiger partial charge in [0, 0.05) is 12.0 Å². The lowest BCUT2D eigenvalue weighted by Crippen LogP contribution is -2.25. The molecular weight excluding hydrogens is 186 g/mol. The third-order valence-corrected chi connectivity index (χ3v) is 3.56. The lowest BCUT2D eigenvalue weighted by molar-refractivity contribution is 0.365. The molecule has 1 aliphatic carbocycles. The first-order valence-electron chi connectivity index (χ1n) is 4.80. The standard InChI is InChI=1S/C10H12ClNO/c11-8-5-7-1-2-10(9(7)13-8)3-4-12-6-10/h5,12H,1-4,6H2. The van der Waals surface area contributed by atoms with E-state index in [1.54, 1.807) is 0 Å². The monoisotopic (exact) mass is 197 g/mol. The highest BCUT2D eigenvalue weighted by Crippen LogP contribution is 2.45. The fraction of sp³-hybridized carbons (Fsp3) is 0.600. The van der Waals surface area contributed by atoms with E-state index in [1.165, 1.54) is 18.4 Å². The second kappa shape index (κ2) is 2.52. The Hall–Kier alpha value is -0.470. The van der Waals surface area contributed by atoms with Gasteiger partial charge in [0.1, 0.15) is 5.76 Å². The minimum absolute atomic E-state index is 0.280. The number of rotatable bonds is 0. The van der Waals surface area contributed by atoms with Crippen LogP contribution in [0.15, 0.2) is 10.5 Å². The summed E-state index contributed by atoms with van der Waals surface area (Å²) >= 11 is 5.85. The molecule has 2 heterocycles. The van der Waals surface area contributed by atoms with E-state index in [1.807, 2.05) is 6.07 Å². The van der Waals surface area contributed by atoms with Crippen LogP contribution in [0.3, 0.4) is 0 Å². The number of furan rings is 1. The highest BCUT2D eigenvalue weighted by molar-refractivity contribution is 6.29. The number of hydrogen-bond donors (Lipinski definition) is 1. The Labute approximate surface area is 82.3 Å². The topological polar surface area (TPSA) is 25.2 Å². The summed E-state index contributed by atoms with van der Waals surface area (Å²) in [6.45, 7) is 2.17. The SMILES string of the molecule is Clc1cc2c(o1)C1(CCNC1)CC2. The van der Waals surface area contributed by atoms with Crippen LogP contribution >= 0.6 is 11.6 Å². The van der Waals surface area contributed by atoms with Crippen LogP contribution in [0.25, 0.3) is 0 Å². The average molecular weight is 198 g/mol. The maximum absolute atomic E-state index is 5.85. The summed E-state index contributed by atoms with van der Waals surface area (Å²) in [7, 11) is 0. The van der Waals surface area contributed by atoms with Gasteiger partial charge in [0.15, 0.2) is 5.22 Å². The zero-order chi connectivity index (χ0) is 8.89. The number of aryl methyl sites for hydroxylation is 1. The summed E-state index contributed by atoms with van der Waals surface area (Å²) in [5, 5.41) is 3.95. The molecule has 1 aliphatic heterocycles. The third kappa shape index (κ3) is 0.990. The van der Waals surface area contributed by atoms with E-state index in [2.05, 4.69) is 5.32 Å². The maximum atomic E-state index is 5.85. The van der Waals surface area contributed by atoms with Gasteiger partial charge < -0.3 is 9.73 Å². The van der Waals surface area contributed by atoms with E-state index in [0.29, 0.717) is 5.22 Å². The average Bonchev–Trinajstić information content (AvgIpc) is 2.73. The first-order chi connectivity index (χ1) is 6.30. The van der Waals surface area contributed by atoms with Gasteiger partial charge in [-0.3, -0.25) is 0 Å². The van der Waals surface area contributed by atoms with Crippen molar-refractivity contribution in [2.75, 3.05) is 13.1 Å². The molecular formula is C10H12ClNO. The third-order valence-electron chi connectivity index (χ3n) is 3.38. The molecule has 1 aromatic heterocycles. The van der Waals surface area contributed by atoms with Crippen molar-refractivity contribution in [3.8, 4) is 0 Å². The summed E-state index contributed by atoms with van der Waals surface area (Å²) < 4.78 is 5.59. The van der Waals surface area contributed by atoms with Gasteiger partial charge >= 0.3 is 0 Å². The summed E-state index contributed by atoms with van der Waals surface area (Å²) in [5.41, 5.74) is 1.61. The van der Waals surface area contributed by atoms with E-state index >= 15 is 0 Å². The summed E-state index contributed by atoms with van der Waals surface area (Å²) in [6, 6.07) is 1.98. The highest BCUT2D eigenvalue weighted by Gasteiger charge is 2.44. The molecule has 1 fully saturated rings. The quantitative estimate of drug-likeness (QED) is 0.689. The zero-order valence-corrected chi connectivity index (χ0v) is 8.16. The van der Waals surface area contributed by atoms with Gasteiger partial charge in [0.25, 0.3) is 0 Å². The Balaban J connectivity index is 2.09. The number of halogens is 1. The molecule has 1 unspecified atom stereocenters. The van der Waals surface area contributed by atoms with Gasteiger partial charge in [-0.15, -0.1) is 0 Å². The lowest BCUT2D eigenvalue weighted by Gasteiger charge is -2.19. The normalized spacial score (nSPS) is 31.5. The van der Waals surface area contributed by atoms with Crippen molar-refractivity contribution in [1.29, 1.82) is 0 Å². The van der Waals surface area contributed by atoms with Crippen LogP contribution in [0.2, 0.25) is 5.22 Å². The van der Waals surface area contributed by atoms with Crippen LogP contribution < -0.4 is 5.32 Å². The summed E-state index contributed by atoms with van der Waals surface area (Å²) in [4.78, 5) is 0. The molecule has 0 aromatic carbocycles. The molecule has 13 heavy (non-hydrogen) atoms. The number of nitrogens with one attached hydrogen (secondary N) is 1. The van der Waals surface area contributed by atoms with E-state index < -0.39 is 0 Å². The molecule has 1 N–H and O–H groups in total. The molecule has 3 heteroatoms. The molecule has 2 nitrogen and oxygen atoms in total. The van der Waals surface area contributed by atoms with Crippen molar-refractivity contribution >= 4 is 11.6 Å². The molecule has 1 aromatic rings. The second-order valence-corrected chi connectivity index (χ2v) is 4.48. The lowest BCUT2D eigenvalue weighted by atomic mass is 9.85. The predicted octanol–water partition coefficient (Wildman–Crippen LogP) is 2.11. The van der Waals surface area contributed by atoms with Crippen LogP contribution in [-0.4, -0.2) is 13.1 Å². The van der Waals surface area contributed by atoms with Crippen molar-refractivity contribution < 1.29 is 4.42 Å². The first kappa shape index (κ1) is 7.89. The van der Waals surface area contributed by atoms with Crippen molar-refractivity contribution in [2.24, 2.45) is 0 Å². The van der Waals surface area contributed by atoms with E-state index in [0.717, 1.165) is 25.3 Å². The van der Waals surface area contributed by atoms with Gasteiger partial charge in [-0.2, -0.15) is 0 Å². The molecule has 1 atom stereocenters. The van der Waals surface area contributed by atoms with Gasteiger partial charge in [0.2, 0.25) is 0 Å². The molecule has 0 bridgehead atoms. The summed E-state index contributed by atoms with van der Waals surface area (Å²) in [5.74, 6) is 1.16. The molecule has 0 saturated carbocycles. The summed E-state index contributed by atoms with van der Waals surface area (Å²) in [6.07, 6.45) is 3.56. The highest BCUT2D eigenvalue weighted by atomic mass is 35.5. The van der Waals surface area contributed by atoms with Gasteiger partial charge in [-0.05, 0) is 49.0 Å². The van der Waals surface area contributed by atoms with E-state index in [9.17, 15) is 0 Å². The molecule has 70 valence electrons.